The predicted octanol–water partition coefficient (Wildman–Crippen LogP) is 1.26. The first-order valence-corrected chi connectivity index (χ1v) is 6.08. The van der Waals surface area contributed by atoms with Gasteiger partial charge in [0.25, 0.3) is 0 Å². The molecule has 0 aromatic carbocycles. The summed E-state index contributed by atoms with van der Waals surface area (Å²) in [5.41, 5.74) is 0. The molecule has 16 heavy (non-hydrogen) atoms. The van der Waals surface area contributed by atoms with Crippen molar-refractivity contribution in [2.24, 2.45) is 23.7 Å². The lowest BCUT2D eigenvalue weighted by Gasteiger charge is -2.21. The van der Waals surface area contributed by atoms with Gasteiger partial charge in [-0.25, -0.2) is 0 Å². The Bertz CT molecular complexity index is 303. The Labute approximate surface area is 95.4 Å². The number of hydrogen-bond donors (Lipinski definition) is 2. The van der Waals surface area contributed by atoms with Crippen molar-refractivity contribution >= 4 is 11.9 Å². The van der Waals surface area contributed by atoms with E-state index in [1.807, 2.05) is 0 Å². The molecule has 0 heterocycles. The van der Waals surface area contributed by atoms with E-state index in [0.29, 0.717) is 5.92 Å². The fraction of sp³-hybridized carbons (Fsp3) is 0.833. The van der Waals surface area contributed by atoms with Gasteiger partial charge in [-0.05, 0) is 31.1 Å². The standard InChI is InChI=1S/C12H19NO3/c1-7(12(15)16)6-13-11(14)10-5-8-2-3-9(10)4-8/h7-10H,2-6H2,1H3,(H,13,14)(H,15,16)/t7-,8+,9+,10+/m1/s1. The molecule has 4 atom stereocenters. The number of amides is 1. The maximum atomic E-state index is 11.9. The summed E-state index contributed by atoms with van der Waals surface area (Å²) in [6.45, 7) is 1.87. The minimum absolute atomic E-state index is 0.0697. The molecule has 0 saturated heterocycles. The van der Waals surface area contributed by atoms with E-state index in [0.717, 1.165) is 12.3 Å². The summed E-state index contributed by atoms with van der Waals surface area (Å²) in [5.74, 6) is 0.179. The van der Waals surface area contributed by atoms with E-state index >= 15 is 0 Å². The van der Waals surface area contributed by atoms with Crippen LogP contribution in [0.3, 0.4) is 0 Å². The number of hydrogen-bond acceptors (Lipinski definition) is 2. The van der Waals surface area contributed by atoms with Gasteiger partial charge >= 0.3 is 5.97 Å². The van der Waals surface area contributed by atoms with Crippen molar-refractivity contribution in [3.63, 3.8) is 0 Å². The Kier molecular flexibility index (Phi) is 3.17. The van der Waals surface area contributed by atoms with Gasteiger partial charge in [-0.2, -0.15) is 0 Å². The van der Waals surface area contributed by atoms with Crippen LogP contribution in [-0.2, 0) is 9.59 Å². The van der Waals surface area contributed by atoms with Crippen molar-refractivity contribution in [2.45, 2.75) is 32.6 Å². The Morgan fingerprint density at radius 1 is 1.38 bits per heavy atom. The first kappa shape index (κ1) is 11.4. The molecule has 2 N–H and O–H groups in total. The molecule has 4 heteroatoms. The third-order valence-electron chi connectivity index (χ3n) is 4.08. The van der Waals surface area contributed by atoms with Crippen molar-refractivity contribution in [1.29, 1.82) is 0 Å². The van der Waals surface area contributed by atoms with E-state index in [2.05, 4.69) is 5.32 Å². The molecule has 2 aliphatic carbocycles. The topological polar surface area (TPSA) is 66.4 Å². The molecule has 2 rings (SSSR count). The zero-order valence-electron chi connectivity index (χ0n) is 9.61. The molecule has 0 aromatic heterocycles. The van der Waals surface area contributed by atoms with E-state index in [9.17, 15) is 9.59 Å². The van der Waals surface area contributed by atoms with Crippen LogP contribution in [0.4, 0.5) is 0 Å². The van der Waals surface area contributed by atoms with Crippen LogP contribution >= 0.6 is 0 Å². The number of fused-ring (bicyclic) bond motifs is 2. The molecule has 0 unspecified atom stereocenters. The lowest BCUT2D eigenvalue weighted by molar-refractivity contribution is -0.141. The first-order valence-electron chi connectivity index (χ1n) is 6.08. The molecular weight excluding hydrogens is 206 g/mol. The predicted molar refractivity (Wildman–Crippen MR) is 58.7 cm³/mol. The molecule has 2 saturated carbocycles. The molecule has 0 aliphatic heterocycles. The van der Waals surface area contributed by atoms with Gasteiger partial charge in [0.2, 0.25) is 5.91 Å². The van der Waals surface area contributed by atoms with Gasteiger partial charge in [0.1, 0.15) is 0 Å². The van der Waals surface area contributed by atoms with E-state index < -0.39 is 11.9 Å². The highest BCUT2D eigenvalue weighted by atomic mass is 16.4. The molecule has 90 valence electrons. The number of carbonyl (C=O) groups excluding carboxylic acids is 1. The van der Waals surface area contributed by atoms with Gasteiger partial charge in [0.05, 0.1) is 5.92 Å². The Balaban J connectivity index is 1.78. The molecule has 0 radical (unpaired) electrons. The SMILES string of the molecule is C[C@H](CNC(=O)[C@H]1C[C@H]2CC[C@H]1C2)C(=O)O. The van der Waals surface area contributed by atoms with E-state index in [1.165, 1.54) is 19.3 Å². The Morgan fingerprint density at radius 3 is 2.62 bits per heavy atom. The molecule has 0 aromatic rings. The van der Waals surface area contributed by atoms with Crippen LogP contribution in [0.1, 0.15) is 32.6 Å². The van der Waals surface area contributed by atoms with Crippen LogP contribution < -0.4 is 5.32 Å². The van der Waals surface area contributed by atoms with Crippen LogP contribution in [0.25, 0.3) is 0 Å². The fourth-order valence-electron chi connectivity index (χ4n) is 3.04. The van der Waals surface area contributed by atoms with Crippen LogP contribution in [0.15, 0.2) is 0 Å². The van der Waals surface area contributed by atoms with Crippen LogP contribution in [0, 0.1) is 23.7 Å². The van der Waals surface area contributed by atoms with Gasteiger partial charge in [-0.3, -0.25) is 9.59 Å². The zero-order chi connectivity index (χ0) is 11.7. The van der Waals surface area contributed by atoms with Crippen molar-refractivity contribution in [2.75, 3.05) is 6.54 Å². The average Bonchev–Trinajstić information content (AvgIpc) is 2.86. The second-order valence-corrected chi connectivity index (χ2v) is 5.27. The normalized spacial score (nSPS) is 33.7. The summed E-state index contributed by atoms with van der Waals surface area (Å²) >= 11 is 0. The molecule has 1 amide bonds. The van der Waals surface area contributed by atoms with Crippen molar-refractivity contribution in [3.05, 3.63) is 0 Å². The third kappa shape index (κ3) is 2.20. The summed E-state index contributed by atoms with van der Waals surface area (Å²) in [7, 11) is 0. The monoisotopic (exact) mass is 225 g/mol. The third-order valence-corrected chi connectivity index (χ3v) is 4.08. The summed E-state index contributed by atoms with van der Waals surface area (Å²) in [5, 5.41) is 11.5. The molecule has 4 nitrogen and oxygen atoms in total. The van der Waals surface area contributed by atoms with Gasteiger partial charge < -0.3 is 10.4 Å². The van der Waals surface area contributed by atoms with Gasteiger partial charge in [-0.1, -0.05) is 13.3 Å². The summed E-state index contributed by atoms with van der Waals surface area (Å²) in [4.78, 5) is 22.5. The summed E-state index contributed by atoms with van der Waals surface area (Å²) < 4.78 is 0. The second-order valence-electron chi connectivity index (χ2n) is 5.27. The molecule has 2 aliphatic rings. The first-order chi connectivity index (χ1) is 7.58. The highest BCUT2D eigenvalue weighted by Gasteiger charge is 2.42. The smallest absolute Gasteiger partial charge is 0.308 e. The number of carbonyl (C=O) groups is 2. The van der Waals surface area contributed by atoms with E-state index in [4.69, 9.17) is 5.11 Å². The lowest BCUT2D eigenvalue weighted by atomic mass is 9.88. The van der Waals surface area contributed by atoms with Crippen LogP contribution in [0.5, 0.6) is 0 Å². The minimum atomic E-state index is -0.853. The minimum Gasteiger partial charge on any atom is -0.481 e. The van der Waals surface area contributed by atoms with Crippen molar-refractivity contribution < 1.29 is 14.7 Å². The maximum Gasteiger partial charge on any atom is 0.308 e. The van der Waals surface area contributed by atoms with E-state index in [1.54, 1.807) is 6.92 Å². The maximum absolute atomic E-state index is 11.9. The molecular formula is C12H19NO3. The van der Waals surface area contributed by atoms with Gasteiger partial charge in [0.15, 0.2) is 0 Å². The molecule has 2 fully saturated rings. The Hall–Kier alpha value is -1.06. The number of nitrogens with one attached hydrogen (secondary N) is 1. The Morgan fingerprint density at radius 2 is 2.12 bits per heavy atom. The number of rotatable bonds is 4. The largest absolute Gasteiger partial charge is 0.481 e. The number of carboxylic acids is 1. The lowest BCUT2D eigenvalue weighted by Crippen LogP contribution is -2.37. The number of carboxylic acid groups (broad SMARTS) is 1. The molecule has 2 bridgehead atoms. The highest BCUT2D eigenvalue weighted by molar-refractivity contribution is 5.80. The molecule has 0 spiro atoms. The average molecular weight is 225 g/mol. The van der Waals surface area contributed by atoms with Crippen LogP contribution in [0.2, 0.25) is 0 Å². The second kappa shape index (κ2) is 4.44. The van der Waals surface area contributed by atoms with Gasteiger partial charge in [0, 0.05) is 12.5 Å². The number of aliphatic carboxylic acids is 1. The zero-order valence-corrected chi connectivity index (χ0v) is 9.61. The summed E-state index contributed by atoms with van der Waals surface area (Å²) in [6.07, 6.45) is 4.67. The van der Waals surface area contributed by atoms with E-state index in [-0.39, 0.29) is 18.4 Å². The van der Waals surface area contributed by atoms with Gasteiger partial charge in [-0.15, -0.1) is 0 Å². The fourth-order valence-corrected chi connectivity index (χ4v) is 3.04. The highest BCUT2D eigenvalue weighted by Crippen LogP contribution is 2.48. The quantitative estimate of drug-likeness (QED) is 0.757. The van der Waals surface area contributed by atoms with Crippen molar-refractivity contribution in [3.8, 4) is 0 Å². The summed E-state index contributed by atoms with van der Waals surface area (Å²) in [6, 6.07) is 0. The van der Waals surface area contributed by atoms with Crippen LogP contribution in [-0.4, -0.2) is 23.5 Å². The van der Waals surface area contributed by atoms with Crippen molar-refractivity contribution in [1.82, 2.24) is 5.32 Å².